The van der Waals surface area contributed by atoms with Crippen molar-refractivity contribution in [1.82, 2.24) is 35.7 Å². The summed E-state index contributed by atoms with van der Waals surface area (Å²) in [4.78, 5) is 15.6. The number of nitrogens with one attached hydrogen (secondary N) is 3. The summed E-state index contributed by atoms with van der Waals surface area (Å²) in [5.41, 5.74) is -0.120. The lowest BCUT2D eigenvalue weighted by molar-refractivity contribution is -0.141. The van der Waals surface area contributed by atoms with Crippen LogP contribution in [0.25, 0.3) is 11.4 Å². The van der Waals surface area contributed by atoms with Gasteiger partial charge < -0.3 is 15.5 Å². The number of rotatable bonds is 8. The fourth-order valence-electron chi connectivity index (χ4n) is 4.74. The molecule has 16 heteroatoms. The van der Waals surface area contributed by atoms with Crippen LogP contribution in [0.2, 0.25) is 5.02 Å². The van der Waals surface area contributed by atoms with Crippen molar-refractivity contribution in [1.29, 1.82) is 0 Å². The van der Waals surface area contributed by atoms with Crippen molar-refractivity contribution in [2.24, 2.45) is 0 Å². The first-order chi connectivity index (χ1) is 18.5. The zero-order valence-corrected chi connectivity index (χ0v) is 21.4. The predicted molar refractivity (Wildman–Crippen MR) is 132 cm³/mol. The molecule has 2 atom stereocenters. The van der Waals surface area contributed by atoms with E-state index in [0.717, 1.165) is 30.0 Å². The van der Waals surface area contributed by atoms with Gasteiger partial charge in [-0.15, -0.1) is 10.2 Å². The summed E-state index contributed by atoms with van der Waals surface area (Å²) >= 11 is 6.03. The zero-order chi connectivity index (χ0) is 27.9. The monoisotopic (exact) mass is 573 g/mol. The maximum atomic E-state index is 13.6. The number of piperazine rings is 1. The molecule has 1 saturated heterocycles. The number of aromatic amines is 1. The van der Waals surface area contributed by atoms with Gasteiger partial charge in [0, 0.05) is 49.3 Å². The molecule has 2 aromatic heterocycles. The van der Waals surface area contributed by atoms with E-state index in [4.69, 9.17) is 11.6 Å². The second-order valence-electron chi connectivity index (χ2n) is 9.66. The fraction of sp³-hybridized carbons (Fsp3) is 0.522. The summed E-state index contributed by atoms with van der Waals surface area (Å²) in [5, 5.41) is 22.7. The number of carbonyl (C=O) groups excluding carboxylic acids is 1. The SMILES string of the molecule is C[C@H]1CN(c2ccc(NC(=O)[C@H](CC(F)F)n3nc(C(F)(F)F)c(Cl)c3C3CC3)c(-c3nn[nH]n3)c2)CCN1. The van der Waals surface area contributed by atoms with E-state index in [1.807, 2.05) is 6.92 Å². The van der Waals surface area contributed by atoms with Crippen molar-refractivity contribution >= 4 is 28.9 Å². The van der Waals surface area contributed by atoms with Crippen LogP contribution in [0.5, 0.6) is 0 Å². The van der Waals surface area contributed by atoms with Gasteiger partial charge in [0.05, 0.1) is 16.4 Å². The highest BCUT2D eigenvalue weighted by Gasteiger charge is 2.44. The Morgan fingerprint density at radius 1 is 1.28 bits per heavy atom. The zero-order valence-electron chi connectivity index (χ0n) is 20.6. The minimum Gasteiger partial charge on any atom is -0.369 e. The number of aromatic nitrogens is 6. The molecule has 1 aliphatic heterocycles. The molecule has 2 fully saturated rings. The van der Waals surface area contributed by atoms with E-state index in [2.05, 4.69) is 41.3 Å². The van der Waals surface area contributed by atoms with E-state index >= 15 is 0 Å². The van der Waals surface area contributed by atoms with Crippen LogP contribution >= 0.6 is 11.6 Å². The highest BCUT2D eigenvalue weighted by Crippen LogP contribution is 2.48. The number of alkyl halides is 5. The third kappa shape index (κ3) is 5.83. The average Bonchev–Trinajstić information content (AvgIpc) is 3.42. The summed E-state index contributed by atoms with van der Waals surface area (Å²) in [5.74, 6) is -1.23. The Kier molecular flexibility index (Phi) is 7.46. The summed E-state index contributed by atoms with van der Waals surface area (Å²) < 4.78 is 68.7. The number of halogens is 6. The molecule has 0 radical (unpaired) electrons. The van der Waals surface area contributed by atoms with E-state index in [0.29, 0.717) is 18.4 Å². The molecule has 0 unspecified atom stereocenters. The third-order valence-corrected chi connectivity index (χ3v) is 7.07. The Morgan fingerprint density at radius 3 is 2.67 bits per heavy atom. The number of benzene rings is 1. The molecule has 39 heavy (non-hydrogen) atoms. The largest absolute Gasteiger partial charge is 0.436 e. The second kappa shape index (κ2) is 10.7. The van der Waals surface area contributed by atoms with Gasteiger partial charge in [-0.05, 0) is 43.2 Å². The van der Waals surface area contributed by atoms with Gasteiger partial charge in [-0.1, -0.05) is 11.6 Å². The maximum absolute atomic E-state index is 13.6. The minimum atomic E-state index is -4.92. The van der Waals surface area contributed by atoms with Crippen LogP contribution in [0.15, 0.2) is 18.2 Å². The average molecular weight is 574 g/mol. The molecule has 5 rings (SSSR count). The van der Waals surface area contributed by atoms with Crippen molar-refractivity contribution in [3.05, 3.63) is 34.6 Å². The van der Waals surface area contributed by atoms with Crippen LogP contribution in [-0.4, -0.2) is 68.4 Å². The standard InChI is InChI=1S/C23H25ClF5N9O/c1-11-10-37(7-6-30-11)13-4-5-15(14(8-13)21-32-35-36-33-21)31-22(39)16(9-17(25)26)38-19(12-2-3-12)18(24)20(34-38)23(27,28)29/h4-5,8,11-12,16-17,30H,2-3,6-7,9-10H2,1H3,(H,31,39)(H,32,33,35,36)/t11-,16-/m0/s1. The number of carbonyl (C=O) groups is 1. The van der Waals surface area contributed by atoms with Crippen LogP contribution in [0.1, 0.15) is 49.5 Å². The molecule has 2 aliphatic rings. The van der Waals surface area contributed by atoms with E-state index in [1.165, 1.54) is 0 Å². The van der Waals surface area contributed by atoms with E-state index in [1.54, 1.807) is 18.2 Å². The number of hydrogen-bond donors (Lipinski definition) is 3. The smallest absolute Gasteiger partial charge is 0.369 e. The van der Waals surface area contributed by atoms with Crippen LogP contribution in [0.4, 0.5) is 33.3 Å². The number of H-pyrrole nitrogens is 1. The topological polar surface area (TPSA) is 117 Å². The van der Waals surface area contributed by atoms with E-state index < -0.39 is 47.6 Å². The van der Waals surface area contributed by atoms with Crippen molar-refractivity contribution in [2.45, 2.75) is 56.8 Å². The lowest BCUT2D eigenvalue weighted by Crippen LogP contribution is -2.49. The molecule has 3 heterocycles. The molecule has 10 nitrogen and oxygen atoms in total. The summed E-state index contributed by atoms with van der Waals surface area (Å²) in [6.45, 7) is 4.26. The van der Waals surface area contributed by atoms with E-state index in [-0.39, 0.29) is 23.2 Å². The van der Waals surface area contributed by atoms with Crippen molar-refractivity contribution in [2.75, 3.05) is 29.9 Å². The van der Waals surface area contributed by atoms with E-state index in [9.17, 15) is 26.7 Å². The van der Waals surface area contributed by atoms with Gasteiger partial charge in [-0.3, -0.25) is 9.48 Å². The molecule has 210 valence electrons. The Morgan fingerprint density at radius 2 is 2.05 bits per heavy atom. The summed E-state index contributed by atoms with van der Waals surface area (Å²) in [6.07, 6.45) is -7.95. The van der Waals surface area contributed by atoms with Crippen LogP contribution in [0.3, 0.4) is 0 Å². The van der Waals surface area contributed by atoms with Gasteiger partial charge in [0.1, 0.15) is 6.04 Å². The van der Waals surface area contributed by atoms with Crippen molar-refractivity contribution in [3.63, 3.8) is 0 Å². The quantitative estimate of drug-likeness (QED) is 0.345. The molecule has 1 aliphatic carbocycles. The Hall–Kier alpha value is -3.33. The molecular formula is C23H25ClF5N9O. The normalized spacial score (nSPS) is 19.0. The highest BCUT2D eigenvalue weighted by molar-refractivity contribution is 6.32. The second-order valence-corrected chi connectivity index (χ2v) is 10.0. The Bertz CT molecular complexity index is 1330. The minimum absolute atomic E-state index is 0.0636. The van der Waals surface area contributed by atoms with Gasteiger partial charge >= 0.3 is 6.18 Å². The molecular weight excluding hydrogens is 549 g/mol. The number of amides is 1. The Balaban J connectivity index is 1.51. The first kappa shape index (κ1) is 27.2. The third-order valence-electron chi connectivity index (χ3n) is 6.70. The predicted octanol–water partition coefficient (Wildman–Crippen LogP) is 4.25. The van der Waals surface area contributed by atoms with Crippen LogP contribution in [0, 0.1) is 0 Å². The number of nitrogens with zero attached hydrogens (tertiary/aromatic N) is 6. The van der Waals surface area contributed by atoms with Gasteiger partial charge in [-0.25, -0.2) is 8.78 Å². The van der Waals surface area contributed by atoms with Crippen LogP contribution in [-0.2, 0) is 11.0 Å². The van der Waals surface area contributed by atoms with Gasteiger partial charge in [0.25, 0.3) is 0 Å². The number of tetrazole rings is 1. The molecule has 3 N–H and O–H groups in total. The fourth-order valence-corrected chi connectivity index (χ4v) is 5.12. The Labute approximate surface area is 224 Å². The van der Waals surface area contributed by atoms with Gasteiger partial charge in [0.2, 0.25) is 18.2 Å². The number of anilines is 2. The maximum Gasteiger partial charge on any atom is 0.436 e. The van der Waals surface area contributed by atoms with Crippen LogP contribution < -0.4 is 15.5 Å². The molecule has 0 spiro atoms. The first-order valence-corrected chi connectivity index (χ1v) is 12.7. The summed E-state index contributed by atoms with van der Waals surface area (Å²) in [6, 6.07) is 3.56. The van der Waals surface area contributed by atoms with Crippen molar-refractivity contribution in [3.8, 4) is 11.4 Å². The molecule has 0 bridgehead atoms. The highest BCUT2D eigenvalue weighted by atomic mass is 35.5. The summed E-state index contributed by atoms with van der Waals surface area (Å²) in [7, 11) is 0. The molecule has 1 aromatic carbocycles. The van der Waals surface area contributed by atoms with Crippen molar-refractivity contribution < 1.29 is 26.7 Å². The molecule has 1 amide bonds. The number of hydrogen-bond acceptors (Lipinski definition) is 7. The lowest BCUT2D eigenvalue weighted by Gasteiger charge is -2.34. The molecule has 1 saturated carbocycles. The van der Waals surface area contributed by atoms with Gasteiger partial charge in [0.15, 0.2) is 5.69 Å². The lowest BCUT2D eigenvalue weighted by atomic mass is 10.1. The molecule has 3 aromatic rings. The first-order valence-electron chi connectivity index (χ1n) is 12.3. The van der Waals surface area contributed by atoms with Gasteiger partial charge in [-0.2, -0.15) is 23.5 Å².